The van der Waals surface area contributed by atoms with Gasteiger partial charge in [-0.05, 0) is 12.1 Å². The first-order valence-electron chi connectivity index (χ1n) is 7.18. The molecule has 0 saturated carbocycles. The van der Waals surface area contributed by atoms with Gasteiger partial charge in [-0.1, -0.05) is 25.6 Å². The van der Waals surface area contributed by atoms with Gasteiger partial charge in [-0.15, -0.1) is 10.2 Å². The Balaban J connectivity index is 2.03. The Morgan fingerprint density at radius 2 is 2.17 bits per heavy atom. The van der Waals surface area contributed by atoms with E-state index in [9.17, 15) is 18.0 Å². The van der Waals surface area contributed by atoms with E-state index in [2.05, 4.69) is 10.2 Å². The number of thioether (sulfide) groups is 1. The maximum Gasteiger partial charge on any atom is 0.405 e. The summed E-state index contributed by atoms with van der Waals surface area (Å²) in [5, 5.41) is 10.4. The Hall–Kier alpha value is -1.97. The Bertz CT molecular complexity index is 668. The predicted molar refractivity (Wildman–Crippen MR) is 81.7 cm³/mol. The average Bonchev–Trinajstić information content (AvgIpc) is 3.12. The van der Waals surface area contributed by atoms with Gasteiger partial charge in [-0.3, -0.25) is 9.36 Å². The summed E-state index contributed by atoms with van der Waals surface area (Å²) in [4.78, 5) is 11.5. The fourth-order valence-electron chi connectivity index (χ4n) is 1.92. The van der Waals surface area contributed by atoms with Crippen LogP contribution in [0, 0.1) is 0 Å². The van der Waals surface area contributed by atoms with Gasteiger partial charge in [0.1, 0.15) is 18.1 Å². The summed E-state index contributed by atoms with van der Waals surface area (Å²) < 4.78 is 43.4. The fraction of sp³-hybridized carbons (Fsp3) is 0.500. The first kappa shape index (κ1) is 18.4. The van der Waals surface area contributed by atoms with Crippen molar-refractivity contribution in [2.24, 2.45) is 0 Å². The molecule has 0 aliphatic heterocycles. The van der Waals surface area contributed by atoms with E-state index in [0.29, 0.717) is 23.3 Å². The lowest BCUT2D eigenvalue weighted by Crippen LogP contribution is -2.34. The molecule has 0 aliphatic carbocycles. The molecular formula is C14H17F3N4O2S. The number of rotatable bonds is 7. The van der Waals surface area contributed by atoms with Crippen molar-refractivity contribution in [2.45, 2.75) is 37.6 Å². The molecule has 24 heavy (non-hydrogen) atoms. The van der Waals surface area contributed by atoms with Gasteiger partial charge >= 0.3 is 6.18 Å². The summed E-state index contributed by atoms with van der Waals surface area (Å²) in [6.07, 6.45) is -2.88. The van der Waals surface area contributed by atoms with E-state index in [-0.39, 0.29) is 11.7 Å². The second-order valence-corrected chi connectivity index (χ2v) is 6.28. The van der Waals surface area contributed by atoms with Crippen LogP contribution < -0.4 is 5.32 Å². The quantitative estimate of drug-likeness (QED) is 0.767. The van der Waals surface area contributed by atoms with Gasteiger partial charge in [0.2, 0.25) is 5.91 Å². The van der Waals surface area contributed by atoms with E-state index in [0.717, 1.165) is 11.8 Å². The van der Waals surface area contributed by atoms with Gasteiger partial charge in [0.25, 0.3) is 0 Å². The summed E-state index contributed by atoms with van der Waals surface area (Å²) in [5.41, 5.74) is 0. The minimum atomic E-state index is -4.43. The zero-order chi connectivity index (χ0) is 17.7. The largest absolute Gasteiger partial charge is 0.467 e. The molecule has 0 unspecified atom stereocenters. The van der Waals surface area contributed by atoms with Gasteiger partial charge < -0.3 is 9.73 Å². The molecule has 1 amide bonds. The van der Waals surface area contributed by atoms with Crippen LogP contribution in [0.2, 0.25) is 0 Å². The molecule has 0 aromatic carbocycles. The molecule has 1 N–H and O–H groups in total. The Morgan fingerprint density at radius 1 is 1.42 bits per heavy atom. The number of aromatic nitrogens is 3. The van der Waals surface area contributed by atoms with Crippen LogP contribution in [0.5, 0.6) is 0 Å². The average molecular weight is 362 g/mol. The molecule has 0 bridgehead atoms. The summed E-state index contributed by atoms with van der Waals surface area (Å²) >= 11 is 1.03. The van der Waals surface area contributed by atoms with Crippen molar-refractivity contribution in [3.05, 3.63) is 30.0 Å². The van der Waals surface area contributed by atoms with E-state index < -0.39 is 18.6 Å². The minimum Gasteiger partial charge on any atom is -0.467 e. The van der Waals surface area contributed by atoms with Crippen molar-refractivity contribution in [3.8, 4) is 0 Å². The number of nitrogens with zero attached hydrogens (tertiary/aromatic N) is 3. The molecule has 10 heteroatoms. The number of carbonyl (C=O) groups is 1. The third kappa shape index (κ3) is 5.29. The van der Waals surface area contributed by atoms with Crippen LogP contribution in [0.15, 0.2) is 28.0 Å². The molecule has 6 nitrogen and oxygen atoms in total. The smallest absolute Gasteiger partial charge is 0.405 e. The van der Waals surface area contributed by atoms with Crippen molar-refractivity contribution < 1.29 is 22.4 Å². The lowest BCUT2D eigenvalue weighted by Gasteiger charge is -2.11. The molecule has 2 aromatic heterocycles. The number of nitrogens with one attached hydrogen (secondary N) is 1. The Morgan fingerprint density at radius 3 is 2.75 bits per heavy atom. The summed E-state index contributed by atoms with van der Waals surface area (Å²) in [7, 11) is 0. The zero-order valence-electron chi connectivity index (χ0n) is 13.1. The number of amides is 1. The predicted octanol–water partition coefficient (Wildman–Crippen LogP) is 2.81. The number of halogens is 3. The van der Waals surface area contributed by atoms with Crippen LogP contribution in [-0.4, -0.2) is 39.1 Å². The van der Waals surface area contributed by atoms with Crippen LogP contribution in [0.25, 0.3) is 0 Å². The summed E-state index contributed by atoms with van der Waals surface area (Å²) in [6.45, 7) is 2.95. The molecule has 132 valence electrons. The molecule has 0 aliphatic rings. The Labute approximate surface area is 140 Å². The van der Waals surface area contributed by atoms with Crippen molar-refractivity contribution in [2.75, 3.05) is 12.3 Å². The van der Waals surface area contributed by atoms with Gasteiger partial charge in [-0.25, -0.2) is 0 Å². The SMILES string of the molecule is CC(C)c1nnc(SCC(=O)NCC(F)(F)F)n1Cc1ccco1. The van der Waals surface area contributed by atoms with Crippen LogP contribution in [0.3, 0.4) is 0 Å². The zero-order valence-corrected chi connectivity index (χ0v) is 13.9. The highest BCUT2D eigenvalue weighted by Crippen LogP contribution is 2.23. The lowest BCUT2D eigenvalue weighted by atomic mass is 10.2. The monoisotopic (exact) mass is 362 g/mol. The third-order valence-corrected chi connectivity index (χ3v) is 3.94. The highest BCUT2D eigenvalue weighted by atomic mass is 32.2. The van der Waals surface area contributed by atoms with Crippen LogP contribution >= 0.6 is 11.8 Å². The molecule has 2 aromatic rings. The Kier molecular flexibility index (Phi) is 5.92. The topological polar surface area (TPSA) is 73.0 Å². The molecule has 0 saturated heterocycles. The number of alkyl halides is 3. The van der Waals surface area contributed by atoms with E-state index in [1.807, 2.05) is 19.2 Å². The first-order chi connectivity index (χ1) is 11.3. The standard InChI is InChI=1S/C14H17F3N4O2S/c1-9(2)12-19-20-13(21(12)6-10-4-3-5-23-10)24-7-11(22)18-8-14(15,16)17/h3-5,9H,6-8H2,1-2H3,(H,18,22). The van der Waals surface area contributed by atoms with Crippen LogP contribution in [-0.2, 0) is 11.3 Å². The van der Waals surface area contributed by atoms with Crippen molar-refractivity contribution in [3.63, 3.8) is 0 Å². The van der Waals surface area contributed by atoms with Gasteiger partial charge in [-0.2, -0.15) is 13.2 Å². The van der Waals surface area contributed by atoms with Gasteiger partial charge in [0.15, 0.2) is 5.16 Å². The molecule has 0 radical (unpaired) electrons. The normalized spacial score (nSPS) is 11.9. The molecule has 2 rings (SSSR count). The lowest BCUT2D eigenvalue weighted by molar-refractivity contribution is -0.136. The second-order valence-electron chi connectivity index (χ2n) is 5.34. The number of hydrogen-bond acceptors (Lipinski definition) is 5. The van der Waals surface area contributed by atoms with E-state index in [1.165, 1.54) is 0 Å². The van der Waals surface area contributed by atoms with Crippen molar-refractivity contribution >= 4 is 17.7 Å². The van der Waals surface area contributed by atoms with E-state index >= 15 is 0 Å². The van der Waals surface area contributed by atoms with Gasteiger partial charge in [0, 0.05) is 5.92 Å². The van der Waals surface area contributed by atoms with Crippen molar-refractivity contribution in [1.29, 1.82) is 0 Å². The van der Waals surface area contributed by atoms with Crippen LogP contribution in [0.4, 0.5) is 13.2 Å². The first-order valence-corrected chi connectivity index (χ1v) is 8.16. The van der Waals surface area contributed by atoms with Crippen molar-refractivity contribution in [1.82, 2.24) is 20.1 Å². The number of hydrogen-bond donors (Lipinski definition) is 1. The summed E-state index contributed by atoms with van der Waals surface area (Å²) in [6, 6.07) is 3.56. The maximum atomic E-state index is 12.1. The fourth-order valence-corrected chi connectivity index (χ4v) is 2.70. The minimum absolute atomic E-state index is 0.0980. The summed E-state index contributed by atoms with van der Waals surface area (Å²) in [5.74, 6) is 0.617. The molecular weight excluding hydrogens is 345 g/mol. The highest BCUT2D eigenvalue weighted by molar-refractivity contribution is 7.99. The molecule has 0 spiro atoms. The molecule has 2 heterocycles. The molecule has 0 fully saturated rings. The second kappa shape index (κ2) is 7.73. The van der Waals surface area contributed by atoms with E-state index in [1.54, 1.807) is 23.0 Å². The maximum absolute atomic E-state index is 12.1. The number of furan rings is 1. The molecule has 0 atom stereocenters. The van der Waals surface area contributed by atoms with Crippen LogP contribution in [0.1, 0.15) is 31.4 Å². The highest BCUT2D eigenvalue weighted by Gasteiger charge is 2.27. The van der Waals surface area contributed by atoms with Gasteiger partial charge in [0.05, 0.1) is 18.6 Å². The van der Waals surface area contributed by atoms with E-state index in [4.69, 9.17) is 4.42 Å². The third-order valence-electron chi connectivity index (χ3n) is 2.97. The number of carbonyl (C=O) groups excluding carboxylic acids is 1.